The van der Waals surface area contributed by atoms with Gasteiger partial charge in [-0.1, -0.05) is 23.2 Å². The van der Waals surface area contributed by atoms with E-state index in [1.165, 1.54) is 6.07 Å². The molecule has 0 saturated heterocycles. The van der Waals surface area contributed by atoms with Crippen molar-refractivity contribution in [2.45, 2.75) is 0 Å². The van der Waals surface area contributed by atoms with Crippen LogP contribution in [-0.2, 0) is 0 Å². The third-order valence-corrected chi connectivity index (χ3v) is 3.04. The van der Waals surface area contributed by atoms with Gasteiger partial charge >= 0.3 is 0 Å². The summed E-state index contributed by atoms with van der Waals surface area (Å²) < 4.78 is 13.1. The van der Waals surface area contributed by atoms with Crippen LogP contribution in [0.5, 0.6) is 0 Å². The zero-order valence-electron chi connectivity index (χ0n) is 9.55. The van der Waals surface area contributed by atoms with Crippen LogP contribution in [0.1, 0.15) is 5.56 Å². The number of anilines is 3. The topological polar surface area (TPSA) is 61.8 Å². The Kier molecular flexibility index (Phi) is 3.79. The van der Waals surface area contributed by atoms with E-state index in [1.54, 1.807) is 12.1 Å². The van der Waals surface area contributed by atoms with Crippen LogP contribution < -0.4 is 11.1 Å². The third kappa shape index (κ3) is 2.90. The molecule has 6 heteroatoms. The molecule has 0 bridgehead atoms. The summed E-state index contributed by atoms with van der Waals surface area (Å²) in [5.74, 6) is -0.520. The Morgan fingerprint density at radius 1 is 1.16 bits per heavy atom. The number of halogens is 3. The molecule has 2 rings (SSSR count). The van der Waals surface area contributed by atoms with Gasteiger partial charge in [-0.25, -0.2) is 4.39 Å². The van der Waals surface area contributed by atoms with E-state index in [4.69, 9.17) is 34.2 Å². The van der Waals surface area contributed by atoms with Gasteiger partial charge in [0, 0.05) is 0 Å². The van der Waals surface area contributed by atoms with Crippen molar-refractivity contribution in [1.29, 1.82) is 5.26 Å². The molecule has 0 radical (unpaired) electrons. The monoisotopic (exact) mass is 295 g/mol. The first-order valence-corrected chi connectivity index (χ1v) is 5.98. The van der Waals surface area contributed by atoms with Gasteiger partial charge in [-0.2, -0.15) is 5.26 Å². The van der Waals surface area contributed by atoms with Crippen LogP contribution in [0.2, 0.25) is 10.0 Å². The van der Waals surface area contributed by atoms with E-state index >= 15 is 0 Å². The van der Waals surface area contributed by atoms with Crippen LogP contribution in [0.15, 0.2) is 30.3 Å². The highest BCUT2D eigenvalue weighted by Crippen LogP contribution is 2.35. The number of rotatable bonds is 2. The maximum atomic E-state index is 13.1. The molecule has 0 heterocycles. The van der Waals surface area contributed by atoms with E-state index in [0.717, 1.165) is 12.1 Å². The zero-order valence-corrected chi connectivity index (χ0v) is 11.1. The second-order valence-corrected chi connectivity index (χ2v) is 4.60. The van der Waals surface area contributed by atoms with Gasteiger partial charge in [-0.15, -0.1) is 0 Å². The Labute approximate surface area is 119 Å². The Hall–Kier alpha value is -1.96. The molecular formula is C13H8Cl2FN3. The molecule has 0 aliphatic heterocycles. The van der Waals surface area contributed by atoms with E-state index < -0.39 is 5.82 Å². The SMILES string of the molecule is N#Cc1ccc(Nc2c(Cl)cc(F)cc2Cl)c(N)c1. The molecule has 0 fully saturated rings. The van der Waals surface area contributed by atoms with Gasteiger partial charge in [0.1, 0.15) is 5.82 Å². The Morgan fingerprint density at radius 2 is 1.79 bits per heavy atom. The maximum Gasteiger partial charge on any atom is 0.126 e. The molecule has 0 amide bonds. The van der Waals surface area contributed by atoms with E-state index in [0.29, 0.717) is 22.6 Å². The number of nitrogen functional groups attached to an aromatic ring is 1. The molecule has 0 saturated carbocycles. The van der Waals surface area contributed by atoms with Crippen molar-refractivity contribution in [2.75, 3.05) is 11.1 Å². The molecule has 0 aliphatic carbocycles. The molecule has 0 aliphatic rings. The fraction of sp³-hybridized carbons (Fsp3) is 0. The van der Waals surface area contributed by atoms with Crippen molar-refractivity contribution < 1.29 is 4.39 Å². The summed E-state index contributed by atoms with van der Waals surface area (Å²) in [6.07, 6.45) is 0. The summed E-state index contributed by atoms with van der Waals surface area (Å²) in [7, 11) is 0. The van der Waals surface area contributed by atoms with Gasteiger partial charge < -0.3 is 11.1 Å². The average Bonchev–Trinajstić information content (AvgIpc) is 2.35. The molecule has 96 valence electrons. The first kappa shape index (κ1) is 13.5. The minimum absolute atomic E-state index is 0.147. The van der Waals surface area contributed by atoms with Crippen LogP contribution in [0, 0.1) is 17.1 Å². The molecule has 19 heavy (non-hydrogen) atoms. The lowest BCUT2D eigenvalue weighted by Crippen LogP contribution is -1.98. The summed E-state index contributed by atoms with van der Waals surface area (Å²) in [5.41, 5.74) is 7.51. The lowest BCUT2D eigenvalue weighted by Gasteiger charge is -2.12. The Bertz CT molecular complexity index is 657. The van der Waals surface area contributed by atoms with Crippen LogP contribution in [0.25, 0.3) is 0 Å². The molecule has 3 nitrogen and oxygen atoms in total. The van der Waals surface area contributed by atoms with Gasteiger partial charge in [0.05, 0.1) is 38.7 Å². The van der Waals surface area contributed by atoms with Crippen LogP contribution in [-0.4, -0.2) is 0 Å². The standard InChI is InChI=1S/C13H8Cl2FN3/c14-9-4-8(16)5-10(15)13(9)19-12-2-1-7(6-17)3-11(12)18/h1-5,19H,18H2. The van der Waals surface area contributed by atoms with Gasteiger partial charge in [-0.3, -0.25) is 0 Å². The number of benzene rings is 2. The zero-order chi connectivity index (χ0) is 14.0. The molecule has 0 spiro atoms. The predicted octanol–water partition coefficient (Wildman–Crippen LogP) is 4.33. The van der Waals surface area contributed by atoms with E-state index in [2.05, 4.69) is 5.32 Å². The molecule has 0 aromatic heterocycles. The van der Waals surface area contributed by atoms with Crippen molar-refractivity contribution in [3.63, 3.8) is 0 Å². The van der Waals surface area contributed by atoms with E-state index in [1.807, 2.05) is 6.07 Å². The summed E-state index contributed by atoms with van der Waals surface area (Å²) in [5, 5.41) is 12.0. The third-order valence-electron chi connectivity index (χ3n) is 2.45. The molecule has 3 N–H and O–H groups in total. The second-order valence-electron chi connectivity index (χ2n) is 3.78. The van der Waals surface area contributed by atoms with Crippen molar-refractivity contribution in [2.24, 2.45) is 0 Å². The number of hydrogen-bond donors (Lipinski definition) is 2. The highest BCUT2D eigenvalue weighted by molar-refractivity contribution is 6.39. The molecule has 2 aromatic carbocycles. The normalized spacial score (nSPS) is 10.0. The fourth-order valence-electron chi connectivity index (χ4n) is 1.54. The van der Waals surface area contributed by atoms with Gasteiger partial charge in [0.25, 0.3) is 0 Å². The summed E-state index contributed by atoms with van der Waals surface area (Å²) >= 11 is 11.8. The predicted molar refractivity (Wildman–Crippen MR) is 75.3 cm³/mol. The maximum absolute atomic E-state index is 13.1. The van der Waals surface area contributed by atoms with E-state index in [-0.39, 0.29) is 10.0 Å². The largest absolute Gasteiger partial charge is 0.397 e. The first-order chi connectivity index (χ1) is 9.01. The number of nitrogens with one attached hydrogen (secondary N) is 1. The van der Waals surface area contributed by atoms with Crippen molar-refractivity contribution in [1.82, 2.24) is 0 Å². The number of nitriles is 1. The fourth-order valence-corrected chi connectivity index (χ4v) is 2.10. The highest BCUT2D eigenvalue weighted by Gasteiger charge is 2.10. The number of nitrogens with zero attached hydrogens (tertiary/aromatic N) is 1. The van der Waals surface area contributed by atoms with Crippen LogP contribution >= 0.6 is 23.2 Å². The summed E-state index contributed by atoms with van der Waals surface area (Å²) in [6.45, 7) is 0. The Morgan fingerprint density at radius 3 is 2.32 bits per heavy atom. The van der Waals surface area contributed by atoms with Crippen LogP contribution in [0.4, 0.5) is 21.5 Å². The quantitative estimate of drug-likeness (QED) is 0.811. The molecule has 2 aromatic rings. The first-order valence-electron chi connectivity index (χ1n) is 5.22. The lowest BCUT2D eigenvalue weighted by molar-refractivity contribution is 0.628. The second kappa shape index (κ2) is 5.35. The average molecular weight is 296 g/mol. The molecular weight excluding hydrogens is 288 g/mol. The number of hydrogen-bond acceptors (Lipinski definition) is 3. The van der Waals surface area contributed by atoms with Gasteiger partial charge in [0.2, 0.25) is 0 Å². The van der Waals surface area contributed by atoms with Crippen molar-refractivity contribution in [3.05, 3.63) is 51.8 Å². The van der Waals surface area contributed by atoms with Crippen molar-refractivity contribution >= 4 is 40.3 Å². The van der Waals surface area contributed by atoms with Gasteiger partial charge in [0.15, 0.2) is 0 Å². The Balaban J connectivity index is 2.40. The summed E-state index contributed by atoms with van der Waals surface area (Å²) in [4.78, 5) is 0. The van der Waals surface area contributed by atoms with E-state index in [9.17, 15) is 4.39 Å². The molecule has 0 unspecified atom stereocenters. The highest BCUT2D eigenvalue weighted by atomic mass is 35.5. The van der Waals surface area contributed by atoms with Crippen molar-refractivity contribution in [3.8, 4) is 6.07 Å². The smallest absolute Gasteiger partial charge is 0.126 e. The van der Waals surface area contributed by atoms with Crippen LogP contribution in [0.3, 0.4) is 0 Å². The number of nitrogens with two attached hydrogens (primary N) is 1. The summed E-state index contributed by atoms with van der Waals surface area (Å²) in [6, 6.07) is 9.03. The molecule has 0 atom stereocenters. The minimum Gasteiger partial charge on any atom is -0.397 e. The minimum atomic E-state index is -0.520. The lowest BCUT2D eigenvalue weighted by atomic mass is 10.2. The van der Waals surface area contributed by atoms with Gasteiger partial charge in [-0.05, 0) is 30.3 Å².